The van der Waals surface area contributed by atoms with Crippen molar-refractivity contribution in [1.82, 2.24) is 5.32 Å². The van der Waals surface area contributed by atoms with Crippen LogP contribution < -0.4 is 5.32 Å². The highest BCUT2D eigenvalue weighted by Crippen LogP contribution is 2.30. The van der Waals surface area contributed by atoms with Gasteiger partial charge in [0.1, 0.15) is 11.3 Å². The first-order valence-electron chi connectivity index (χ1n) is 7.04. The van der Waals surface area contributed by atoms with Crippen LogP contribution in [0.3, 0.4) is 0 Å². The lowest BCUT2D eigenvalue weighted by Gasteiger charge is -2.12. The molecule has 1 aromatic carbocycles. The number of rotatable bonds is 5. The lowest BCUT2D eigenvalue weighted by Crippen LogP contribution is -2.18. The van der Waals surface area contributed by atoms with Crippen LogP contribution in [-0.2, 0) is 13.0 Å². The van der Waals surface area contributed by atoms with Crippen molar-refractivity contribution in [1.29, 1.82) is 0 Å². The molecule has 1 N–H and O–H groups in total. The summed E-state index contributed by atoms with van der Waals surface area (Å²) in [5.74, 6) is 1.07. The van der Waals surface area contributed by atoms with Crippen LogP contribution in [0.1, 0.15) is 36.8 Å². The van der Waals surface area contributed by atoms with Crippen LogP contribution in [0.25, 0.3) is 11.0 Å². The fourth-order valence-corrected chi connectivity index (χ4v) is 3.26. The first kappa shape index (κ1) is 13.4. The van der Waals surface area contributed by atoms with Crippen LogP contribution in [0, 0.1) is 0 Å². The third-order valence-electron chi connectivity index (χ3n) is 3.67. The summed E-state index contributed by atoms with van der Waals surface area (Å²) in [5, 5.41) is 9.09. The average Bonchev–Trinajstić information content (AvgIpc) is 3.11. The summed E-state index contributed by atoms with van der Waals surface area (Å²) < 4.78 is 6.06. The molecule has 0 radical (unpaired) electrons. The maximum absolute atomic E-state index is 6.06. The molecule has 3 aromatic rings. The largest absolute Gasteiger partial charge is 0.459 e. The first-order valence-corrected chi connectivity index (χ1v) is 7.98. The number of fused-ring (bicyclic) bond motifs is 1. The number of hydrogen-bond donors (Lipinski definition) is 1. The summed E-state index contributed by atoms with van der Waals surface area (Å²) in [7, 11) is 0. The summed E-state index contributed by atoms with van der Waals surface area (Å²) >= 11 is 1.74. The van der Waals surface area contributed by atoms with Gasteiger partial charge >= 0.3 is 0 Å². The molecule has 0 bridgehead atoms. The second-order valence-corrected chi connectivity index (χ2v) is 5.81. The number of nitrogens with one attached hydrogen (secondary N) is 1. The number of hydrogen-bond acceptors (Lipinski definition) is 3. The van der Waals surface area contributed by atoms with E-state index in [0.29, 0.717) is 0 Å². The van der Waals surface area contributed by atoms with Gasteiger partial charge in [0.2, 0.25) is 0 Å². The van der Waals surface area contributed by atoms with E-state index in [4.69, 9.17) is 4.42 Å². The SMILES string of the molecule is CCc1c(C(C)NCc2ccsc2)oc2ccccc12. The van der Waals surface area contributed by atoms with Gasteiger partial charge in [0, 0.05) is 17.5 Å². The molecule has 0 spiro atoms. The maximum Gasteiger partial charge on any atom is 0.134 e. The number of para-hydroxylation sites is 1. The fraction of sp³-hybridized carbons (Fsp3) is 0.294. The predicted octanol–water partition coefficient (Wildman–Crippen LogP) is 4.91. The van der Waals surface area contributed by atoms with Crippen molar-refractivity contribution in [3.63, 3.8) is 0 Å². The highest BCUT2D eigenvalue weighted by molar-refractivity contribution is 7.07. The monoisotopic (exact) mass is 285 g/mol. The number of benzene rings is 1. The Bertz CT molecular complexity index is 684. The Labute approximate surface area is 123 Å². The molecule has 0 aliphatic heterocycles. The second-order valence-electron chi connectivity index (χ2n) is 5.03. The maximum atomic E-state index is 6.06. The van der Waals surface area contributed by atoms with Gasteiger partial charge in [0.05, 0.1) is 6.04 Å². The normalized spacial score (nSPS) is 12.9. The standard InChI is InChI=1S/C17H19NOS/c1-3-14-15-6-4-5-7-16(15)19-17(14)12(2)18-10-13-8-9-20-11-13/h4-9,11-12,18H,3,10H2,1-2H3. The molecule has 0 fully saturated rings. The minimum atomic E-state index is 0.220. The highest BCUT2D eigenvalue weighted by Gasteiger charge is 2.17. The number of aryl methyl sites for hydroxylation is 1. The minimum Gasteiger partial charge on any atom is -0.459 e. The molecule has 20 heavy (non-hydrogen) atoms. The van der Waals surface area contributed by atoms with E-state index in [0.717, 1.165) is 24.3 Å². The molecule has 104 valence electrons. The molecule has 2 heterocycles. The fourth-order valence-electron chi connectivity index (χ4n) is 2.59. The van der Waals surface area contributed by atoms with E-state index in [-0.39, 0.29) is 6.04 Å². The summed E-state index contributed by atoms with van der Waals surface area (Å²) in [6.45, 7) is 5.24. The Morgan fingerprint density at radius 3 is 2.85 bits per heavy atom. The molecule has 3 rings (SSSR count). The highest BCUT2D eigenvalue weighted by atomic mass is 32.1. The van der Waals surface area contributed by atoms with Gasteiger partial charge in [0.25, 0.3) is 0 Å². The molecular formula is C17H19NOS. The average molecular weight is 285 g/mol. The van der Waals surface area contributed by atoms with Gasteiger partial charge in [-0.2, -0.15) is 11.3 Å². The Hall–Kier alpha value is -1.58. The Morgan fingerprint density at radius 1 is 1.25 bits per heavy atom. The smallest absolute Gasteiger partial charge is 0.134 e. The zero-order valence-electron chi connectivity index (χ0n) is 11.8. The first-order chi connectivity index (χ1) is 9.79. The predicted molar refractivity (Wildman–Crippen MR) is 85.2 cm³/mol. The van der Waals surface area contributed by atoms with Crippen molar-refractivity contribution in [2.24, 2.45) is 0 Å². The molecule has 3 heteroatoms. The van der Waals surface area contributed by atoms with E-state index in [1.807, 2.05) is 12.1 Å². The van der Waals surface area contributed by atoms with Gasteiger partial charge in [-0.1, -0.05) is 25.1 Å². The summed E-state index contributed by atoms with van der Waals surface area (Å²) in [5.41, 5.74) is 3.64. The van der Waals surface area contributed by atoms with Crippen molar-refractivity contribution < 1.29 is 4.42 Å². The topological polar surface area (TPSA) is 25.2 Å². The Morgan fingerprint density at radius 2 is 2.10 bits per heavy atom. The van der Waals surface area contributed by atoms with E-state index < -0.39 is 0 Å². The van der Waals surface area contributed by atoms with Gasteiger partial charge in [0.15, 0.2) is 0 Å². The van der Waals surface area contributed by atoms with Gasteiger partial charge in [-0.25, -0.2) is 0 Å². The summed E-state index contributed by atoms with van der Waals surface area (Å²) in [6, 6.07) is 10.7. The Kier molecular flexibility index (Phi) is 3.90. The van der Waals surface area contributed by atoms with Gasteiger partial charge in [-0.15, -0.1) is 0 Å². The van der Waals surface area contributed by atoms with Crippen LogP contribution >= 0.6 is 11.3 Å². The molecule has 0 amide bonds. The molecule has 0 saturated heterocycles. The van der Waals surface area contributed by atoms with Crippen molar-refractivity contribution in [2.75, 3.05) is 0 Å². The molecule has 1 unspecified atom stereocenters. The van der Waals surface area contributed by atoms with Gasteiger partial charge in [-0.3, -0.25) is 0 Å². The Balaban J connectivity index is 1.85. The van der Waals surface area contributed by atoms with Crippen molar-refractivity contribution in [3.05, 3.63) is 58.0 Å². The van der Waals surface area contributed by atoms with E-state index >= 15 is 0 Å². The van der Waals surface area contributed by atoms with E-state index in [1.165, 1.54) is 16.5 Å². The zero-order valence-corrected chi connectivity index (χ0v) is 12.7. The van der Waals surface area contributed by atoms with Gasteiger partial charge in [-0.05, 0) is 41.8 Å². The second kappa shape index (κ2) is 5.81. The molecule has 1 atom stereocenters. The third-order valence-corrected chi connectivity index (χ3v) is 4.40. The van der Waals surface area contributed by atoms with E-state index in [9.17, 15) is 0 Å². The van der Waals surface area contributed by atoms with Crippen LogP contribution in [-0.4, -0.2) is 0 Å². The molecule has 0 saturated carbocycles. The van der Waals surface area contributed by atoms with Gasteiger partial charge < -0.3 is 9.73 Å². The minimum absolute atomic E-state index is 0.220. The van der Waals surface area contributed by atoms with Crippen molar-refractivity contribution in [3.8, 4) is 0 Å². The van der Waals surface area contributed by atoms with Crippen LogP contribution in [0.4, 0.5) is 0 Å². The van der Waals surface area contributed by atoms with Crippen molar-refractivity contribution in [2.45, 2.75) is 32.9 Å². The van der Waals surface area contributed by atoms with Crippen LogP contribution in [0.2, 0.25) is 0 Å². The van der Waals surface area contributed by atoms with E-state index in [2.05, 4.69) is 48.1 Å². The van der Waals surface area contributed by atoms with Crippen LogP contribution in [0.5, 0.6) is 0 Å². The van der Waals surface area contributed by atoms with E-state index in [1.54, 1.807) is 11.3 Å². The lowest BCUT2D eigenvalue weighted by molar-refractivity contribution is 0.446. The molecule has 0 aliphatic carbocycles. The molecule has 2 nitrogen and oxygen atoms in total. The molecule has 2 aromatic heterocycles. The molecule has 0 aliphatic rings. The molecular weight excluding hydrogens is 266 g/mol. The quantitative estimate of drug-likeness (QED) is 0.720. The third kappa shape index (κ3) is 2.51. The summed E-state index contributed by atoms with van der Waals surface area (Å²) in [6.07, 6.45) is 0.997. The summed E-state index contributed by atoms with van der Waals surface area (Å²) in [4.78, 5) is 0. The number of furan rings is 1. The van der Waals surface area contributed by atoms with Crippen molar-refractivity contribution >= 4 is 22.3 Å². The number of thiophene rings is 1. The lowest BCUT2D eigenvalue weighted by atomic mass is 10.0. The zero-order chi connectivity index (χ0) is 13.9. The van der Waals surface area contributed by atoms with Crippen LogP contribution in [0.15, 0.2) is 45.5 Å².